The average Bonchev–Trinajstić information content (AvgIpc) is 2.46. The molecule has 1 fully saturated rings. The van der Waals surface area contributed by atoms with Gasteiger partial charge >= 0.3 is 0 Å². The molecule has 1 nitrogen and oxygen atoms in total. The molecule has 2 atom stereocenters. The van der Waals surface area contributed by atoms with Gasteiger partial charge in [0, 0.05) is 16.9 Å². The highest BCUT2D eigenvalue weighted by atomic mass is 79.9. The minimum Gasteiger partial charge on any atom is -0.316 e. The summed E-state index contributed by atoms with van der Waals surface area (Å²) in [7, 11) is 0. The van der Waals surface area contributed by atoms with Crippen LogP contribution in [-0.2, 0) is 0 Å². The first-order valence-electron chi connectivity index (χ1n) is 7.68. The van der Waals surface area contributed by atoms with Gasteiger partial charge < -0.3 is 5.32 Å². The quantitative estimate of drug-likeness (QED) is 0.793. The van der Waals surface area contributed by atoms with Crippen molar-refractivity contribution >= 4 is 15.9 Å². The number of piperidine rings is 1. The molecule has 1 N–H and O–H groups in total. The van der Waals surface area contributed by atoms with E-state index in [9.17, 15) is 0 Å². The summed E-state index contributed by atoms with van der Waals surface area (Å²) in [6.07, 6.45) is 6.64. The molecule has 0 aromatic heterocycles. The maximum absolute atomic E-state index is 3.75. The van der Waals surface area contributed by atoms with E-state index in [4.69, 9.17) is 0 Å². The Morgan fingerprint density at radius 2 is 2.11 bits per heavy atom. The highest BCUT2D eigenvalue weighted by molar-refractivity contribution is 9.10. The second-order valence-corrected chi connectivity index (χ2v) is 6.70. The average molecular weight is 324 g/mol. The molecule has 0 radical (unpaired) electrons. The van der Waals surface area contributed by atoms with Crippen molar-refractivity contribution in [2.45, 2.75) is 51.9 Å². The molecule has 0 amide bonds. The SMILES string of the molecule is CCCCC1(CC)CCNCC1c1ccccc1Br. The highest BCUT2D eigenvalue weighted by Crippen LogP contribution is 2.48. The van der Waals surface area contributed by atoms with Crippen LogP contribution in [0.25, 0.3) is 0 Å². The van der Waals surface area contributed by atoms with Crippen molar-refractivity contribution in [2.24, 2.45) is 5.41 Å². The first-order valence-corrected chi connectivity index (χ1v) is 8.48. The maximum Gasteiger partial charge on any atom is 0.0210 e. The third kappa shape index (κ3) is 3.22. The summed E-state index contributed by atoms with van der Waals surface area (Å²) in [5.41, 5.74) is 1.98. The van der Waals surface area contributed by atoms with E-state index in [1.807, 2.05) is 0 Å². The van der Waals surface area contributed by atoms with Gasteiger partial charge in [-0.1, -0.05) is 60.8 Å². The van der Waals surface area contributed by atoms with Gasteiger partial charge in [0.05, 0.1) is 0 Å². The predicted octanol–water partition coefficient (Wildman–Crippen LogP) is 5.11. The lowest BCUT2D eigenvalue weighted by Crippen LogP contribution is -2.43. The standard InChI is InChI=1S/C17H26BrN/c1-3-5-10-17(4-2)11-12-19-13-15(17)14-8-6-7-9-16(14)18/h6-9,15,19H,3-5,10-13H2,1-2H3. The Bertz CT molecular complexity index is 404. The molecule has 1 heterocycles. The van der Waals surface area contributed by atoms with Crippen molar-refractivity contribution in [1.82, 2.24) is 5.32 Å². The van der Waals surface area contributed by atoms with Gasteiger partial charge in [-0.2, -0.15) is 0 Å². The summed E-state index contributed by atoms with van der Waals surface area (Å²) in [6, 6.07) is 8.78. The summed E-state index contributed by atoms with van der Waals surface area (Å²) < 4.78 is 1.28. The largest absolute Gasteiger partial charge is 0.316 e. The molecule has 0 bridgehead atoms. The molecule has 1 aromatic rings. The van der Waals surface area contributed by atoms with E-state index in [1.54, 1.807) is 0 Å². The summed E-state index contributed by atoms with van der Waals surface area (Å²) in [5, 5.41) is 3.61. The Labute approximate surface area is 126 Å². The Balaban J connectivity index is 2.31. The van der Waals surface area contributed by atoms with Crippen LogP contribution in [0.4, 0.5) is 0 Å². The van der Waals surface area contributed by atoms with Gasteiger partial charge in [0.2, 0.25) is 0 Å². The van der Waals surface area contributed by atoms with Crippen LogP contribution < -0.4 is 5.32 Å². The molecule has 19 heavy (non-hydrogen) atoms. The molecule has 0 spiro atoms. The number of unbranched alkanes of at least 4 members (excludes halogenated alkanes) is 1. The molecule has 106 valence electrons. The fourth-order valence-corrected chi connectivity index (χ4v) is 4.16. The van der Waals surface area contributed by atoms with Crippen LogP contribution in [0.5, 0.6) is 0 Å². The van der Waals surface area contributed by atoms with Crippen LogP contribution in [0, 0.1) is 5.41 Å². The van der Waals surface area contributed by atoms with Gasteiger partial charge in [-0.3, -0.25) is 0 Å². The van der Waals surface area contributed by atoms with Crippen LogP contribution in [0.3, 0.4) is 0 Å². The Morgan fingerprint density at radius 3 is 2.79 bits per heavy atom. The van der Waals surface area contributed by atoms with E-state index in [-0.39, 0.29) is 0 Å². The van der Waals surface area contributed by atoms with E-state index >= 15 is 0 Å². The van der Waals surface area contributed by atoms with E-state index < -0.39 is 0 Å². The number of halogens is 1. The minimum atomic E-state index is 0.491. The van der Waals surface area contributed by atoms with Crippen LogP contribution in [0.1, 0.15) is 57.4 Å². The number of rotatable bonds is 5. The molecule has 1 saturated heterocycles. The maximum atomic E-state index is 3.75. The lowest BCUT2D eigenvalue weighted by atomic mass is 9.64. The molecule has 1 aliphatic rings. The molecular formula is C17H26BrN. The number of benzene rings is 1. The number of hydrogen-bond donors (Lipinski definition) is 1. The van der Waals surface area contributed by atoms with E-state index in [2.05, 4.69) is 59.4 Å². The molecular weight excluding hydrogens is 298 g/mol. The van der Waals surface area contributed by atoms with Crippen molar-refractivity contribution < 1.29 is 0 Å². The number of hydrogen-bond acceptors (Lipinski definition) is 1. The topological polar surface area (TPSA) is 12.0 Å². The van der Waals surface area contributed by atoms with Crippen molar-refractivity contribution in [3.05, 3.63) is 34.3 Å². The van der Waals surface area contributed by atoms with Gasteiger partial charge in [0.1, 0.15) is 0 Å². The molecule has 0 saturated carbocycles. The van der Waals surface area contributed by atoms with E-state index in [0.29, 0.717) is 11.3 Å². The Kier molecular flexibility index (Phi) is 5.47. The summed E-state index contributed by atoms with van der Waals surface area (Å²) in [4.78, 5) is 0. The first kappa shape index (κ1) is 15.1. The summed E-state index contributed by atoms with van der Waals surface area (Å²) in [6.45, 7) is 6.99. The lowest BCUT2D eigenvalue weighted by molar-refractivity contribution is 0.136. The molecule has 1 aliphatic heterocycles. The number of nitrogens with one attached hydrogen (secondary N) is 1. The van der Waals surface area contributed by atoms with E-state index in [1.165, 1.54) is 48.7 Å². The first-order chi connectivity index (χ1) is 9.23. The van der Waals surface area contributed by atoms with Gasteiger partial charge in [0.15, 0.2) is 0 Å². The lowest BCUT2D eigenvalue weighted by Gasteiger charge is -2.45. The van der Waals surface area contributed by atoms with Gasteiger partial charge in [-0.15, -0.1) is 0 Å². The van der Waals surface area contributed by atoms with Crippen molar-refractivity contribution in [2.75, 3.05) is 13.1 Å². The van der Waals surface area contributed by atoms with E-state index in [0.717, 1.165) is 6.54 Å². The monoisotopic (exact) mass is 323 g/mol. The molecule has 2 rings (SSSR count). The van der Waals surface area contributed by atoms with Gasteiger partial charge in [-0.05, 0) is 42.9 Å². The summed E-state index contributed by atoms with van der Waals surface area (Å²) in [5.74, 6) is 0.647. The molecule has 0 aliphatic carbocycles. The minimum absolute atomic E-state index is 0.491. The van der Waals surface area contributed by atoms with Crippen LogP contribution >= 0.6 is 15.9 Å². The normalized spacial score (nSPS) is 27.4. The van der Waals surface area contributed by atoms with Crippen LogP contribution in [-0.4, -0.2) is 13.1 Å². The Morgan fingerprint density at radius 1 is 1.32 bits per heavy atom. The fourth-order valence-electron chi connectivity index (χ4n) is 3.60. The van der Waals surface area contributed by atoms with Crippen molar-refractivity contribution in [3.63, 3.8) is 0 Å². The van der Waals surface area contributed by atoms with Crippen LogP contribution in [0.15, 0.2) is 28.7 Å². The third-order valence-electron chi connectivity index (χ3n) is 4.90. The molecule has 1 aromatic carbocycles. The zero-order valence-corrected chi connectivity index (χ0v) is 13.8. The second kappa shape index (κ2) is 6.90. The predicted molar refractivity (Wildman–Crippen MR) is 86.6 cm³/mol. The Hall–Kier alpha value is -0.340. The van der Waals surface area contributed by atoms with Crippen LogP contribution in [0.2, 0.25) is 0 Å². The second-order valence-electron chi connectivity index (χ2n) is 5.85. The molecule has 2 unspecified atom stereocenters. The van der Waals surface area contributed by atoms with Crippen molar-refractivity contribution in [1.29, 1.82) is 0 Å². The smallest absolute Gasteiger partial charge is 0.0210 e. The zero-order chi connectivity index (χ0) is 13.7. The highest BCUT2D eigenvalue weighted by Gasteiger charge is 2.39. The van der Waals surface area contributed by atoms with Gasteiger partial charge in [-0.25, -0.2) is 0 Å². The zero-order valence-electron chi connectivity index (χ0n) is 12.2. The third-order valence-corrected chi connectivity index (χ3v) is 5.62. The van der Waals surface area contributed by atoms with Crippen molar-refractivity contribution in [3.8, 4) is 0 Å². The van der Waals surface area contributed by atoms with Gasteiger partial charge in [0.25, 0.3) is 0 Å². The molecule has 2 heteroatoms. The summed E-state index contributed by atoms with van der Waals surface area (Å²) >= 11 is 3.75. The fraction of sp³-hybridized carbons (Fsp3) is 0.647.